The molecule has 5 nitrogen and oxygen atoms in total. The maximum atomic E-state index is 12.8. The van der Waals surface area contributed by atoms with Crippen LogP contribution in [0, 0.1) is 24.2 Å². The van der Waals surface area contributed by atoms with Crippen molar-refractivity contribution >= 4 is 15.9 Å². The number of piperidine rings is 2. The van der Waals surface area contributed by atoms with E-state index in [4.69, 9.17) is 6.42 Å². The molecule has 2 aliphatic rings. The summed E-state index contributed by atoms with van der Waals surface area (Å²) in [7, 11) is -3.54. The van der Waals surface area contributed by atoms with E-state index in [1.165, 1.54) is 4.31 Å². The molecule has 2 heterocycles. The molecule has 0 aliphatic carbocycles. The highest BCUT2D eigenvalue weighted by Crippen LogP contribution is 2.26. The third-order valence-electron chi connectivity index (χ3n) is 5.16. The van der Waals surface area contributed by atoms with E-state index < -0.39 is 10.0 Å². The Balaban J connectivity index is 1.67. The summed E-state index contributed by atoms with van der Waals surface area (Å²) in [6.07, 6.45) is 8.59. The SMILES string of the molecule is C#CC1CCN(C(=O)[C@H]2CCCN(S(=O)(=O)c3ccccc3)C2)CC1. The van der Waals surface area contributed by atoms with E-state index >= 15 is 0 Å². The number of nitrogens with zero attached hydrogens (tertiary/aromatic N) is 2. The van der Waals surface area contributed by atoms with Crippen LogP contribution in [0.2, 0.25) is 0 Å². The van der Waals surface area contributed by atoms with E-state index in [9.17, 15) is 13.2 Å². The van der Waals surface area contributed by atoms with Gasteiger partial charge in [0.05, 0.1) is 10.8 Å². The average Bonchev–Trinajstić information content (AvgIpc) is 2.68. The van der Waals surface area contributed by atoms with E-state index in [-0.39, 0.29) is 29.2 Å². The van der Waals surface area contributed by atoms with E-state index in [0.717, 1.165) is 19.3 Å². The minimum atomic E-state index is -3.54. The lowest BCUT2D eigenvalue weighted by Crippen LogP contribution is -2.48. The van der Waals surface area contributed by atoms with Crippen molar-refractivity contribution in [3.05, 3.63) is 30.3 Å². The number of amides is 1. The molecular weight excluding hydrogens is 336 g/mol. The van der Waals surface area contributed by atoms with Crippen molar-refractivity contribution in [1.29, 1.82) is 0 Å². The lowest BCUT2D eigenvalue weighted by Gasteiger charge is -2.36. The van der Waals surface area contributed by atoms with Crippen molar-refractivity contribution in [1.82, 2.24) is 9.21 Å². The van der Waals surface area contributed by atoms with Crippen LogP contribution in [0.1, 0.15) is 25.7 Å². The van der Waals surface area contributed by atoms with Crippen LogP contribution in [-0.2, 0) is 14.8 Å². The molecule has 6 heteroatoms. The quantitative estimate of drug-likeness (QED) is 0.774. The fourth-order valence-electron chi connectivity index (χ4n) is 3.63. The Morgan fingerprint density at radius 3 is 2.40 bits per heavy atom. The highest BCUT2D eigenvalue weighted by atomic mass is 32.2. The van der Waals surface area contributed by atoms with Crippen LogP contribution < -0.4 is 0 Å². The first-order valence-corrected chi connectivity index (χ1v) is 10.3. The molecule has 0 bridgehead atoms. The Bertz CT molecular complexity index is 747. The number of sulfonamides is 1. The molecule has 2 aliphatic heterocycles. The molecule has 0 N–H and O–H groups in total. The highest BCUT2D eigenvalue weighted by Gasteiger charge is 2.35. The van der Waals surface area contributed by atoms with Crippen LogP contribution >= 0.6 is 0 Å². The van der Waals surface area contributed by atoms with Crippen LogP contribution in [0.5, 0.6) is 0 Å². The lowest BCUT2D eigenvalue weighted by atomic mass is 9.94. The third-order valence-corrected chi connectivity index (χ3v) is 7.04. The predicted octanol–water partition coefficient (Wildman–Crippen LogP) is 1.96. The summed E-state index contributed by atoms with van der Waals surface area (Å²) >= 11 is 0. The average molecular weight is 360 g/mol. The smallest absolute Gasteiger partial charge is 0.243 e. The van der Waals surface area contributed by atoms with Gasteiger partial charge in [0.2, 0.25) is 15.9 Å². The Morgan fingerprint density at radius 1 is 1.08 bits per heavy atom. The molecule has 1 aromatic carbocycles. The topological polar surface area (TPSA) is 57.7 Å². The first-order chi connectivity index (χ1) is 12.0. The van der Waals surface area contributed by atoms with Crippen LogP contribution in [-0.4, -0.2) is 49.7 Å². The van der Waals surface area contributed by atoms with Gasteiger partial charge < -0.3 is 4.90 Å². The van der Waals surface area contributed by atoms with Crippen molar-refractivity contribution in [2.75, 3.05) is 26.2 Å². The molecule has 0 spiro atoms. The Hall–Kier alpha value is -1.84. The number of likely N-dealkylation sites (tertiary alicyclic amines) is 1. The number of benzene rings is 1. The molecule has 2 saturated heterocycles. The summed E-state index contributed by atoms with van der Waals surface area (Å²) in [5.41, 5.74) is 0. The molecule has 0 unspecified atom stereocenters. The molecule has 0 radical (unpaired) electrons. The van der Waals surface area contributed by atoms with Gasteiger partial charge in [0.15, 0.2) is 0 Å². The Labute approximate surface area is 150 Å². The largest absolute Gasteiger partial charge is 0.342 e. The van der Waals surface area contributed by atoms with Gasteiger partial charge in [-0.1, -0.05) is 18.2 Å². The summed E-state index contributed by atoms with van der Waals surface area (Å²) in [6, 6.07) is 8.43. The van der Waals surface area contributed by atoms with Crippen LogP contribution in [0.15, 0.2) is 35.2 Å². The van der Waals surface area contributed by atoms with Gasteiger partial charge in [-0.2, -0.15) is 4.31 Å². The van der Waals surface area contributed by atoms with Gasteiger partial charge in [-0.15, -0.1) is 12.3 Å². The first kappa shape index (κ1) is 18.0. The molecule has 25 heavy (non-hydrogen) atoms. The van der Waals surface area contributed by atoms with Crippen LogP contribution in [0.4, 0.5) is 0 Å². The number of terminal acetylenes is 1. The zero-order valence-electron chi connectivity index (χ0n) is 14.3. The normalized spacial score (nSPS) is 23.2. The van der Waals surface area contributed by atoms with Crippen molar-refractivity contribution in [2.45, 2.75) is 30.6 Å². The number of carbonyl (C=O) groups excluding carboxylic acids is 1. The van der Waals surface area contributed by atoms with E-state index in [0.29, 0.717) is 26.1 Å². The van der Waals surface area contributed by atoms with Gasteiger partial charge in [0, 0.05) is 32.1 Å². The van der Waals surface area contributed by atoms with Crippen molar-refractivity contribution in [3.63, 3.8) is 0 Å². The second-order valence-corrected chi connectivity index (χ2v) is 8.72. The van der Waals surface area contributed by atoms with Crippen molar-refractivity contribution in [2.24, 2.45) is 11.8 Å². The molecule has 1 atom stereocenters. The van der Waals surface area contributed by atoms with Crippen molar-refractivity contribution in [3.8, 4) is 12.3 Å². The van der Waals surface area contributed by atoms with E-state index in [2.05, 4.69) is 5.92 Å². The predicted molar refractivity (Wildman–Crippen MR) is 96.1 cm³/mol. The highest BCUT2D eigenvalue weighted by molar-refractivity contribution is 7.89. The zero-order chi connectivity index (χ0) is 17.9. The fraction of sp³-hybridized carbons (Fsp3) is 0.526. The minimum Gasteiger partial charge on any atom is -0.342 e. The minimum absolute atomic E-state index is 0.0726. The lowest BCUT2D eigenvalue weighted by molar-refractivity contribution is -0.137. The number of hydrogen-bond donors (Lipinski definition) is 0. The number of rotatable bonds is 3. The number of carbonyl (C=O) groups is 1. The van der Waals surface area contributed by atoms with E-state index in [1.807, 2.05) is 4.90 Å². The van der Waals surface area contributed by atoms with Gasteiger partial charge in [-0.05, 0) is 37.8 Å². The second-order valence-electron chi connectivity index (χ2n) is 6.78. The first-order valence-electron chi connectivity index (χ1n) is 8.82. The van der Waals surface area contributed by atoms with Gasteiger partial charge in [0.25, 0.3) is 0 Å². The van der Waals surface area contributed by atoms with E-state index in [1.54, 1.807) is 30.3 Å². The standard InChI is InChI=1S/C19H24N2O3S/c1-2-16-10-13-20(14-11-16)19(22)17-7-6-12-21(15-17)25(23,24)18-8-4-3-5-9-18/h1,3-5,8-9,16-17H,6-7,10-15H2/t17-/m0/s1. The van der Waals surface area contributed by atoms with Crippen molar-refractivity contribution < 1.29 is 13.2 Å². The van der Waals surface area contributed by atoms with Crippen LogP contribution in [0.3, 0.4) is 0 Å². The molecular formula is C19H24N2O3S. The monoisotopic (exact) mass is 360 g/mol. The molecule has 3 rings (SSSR count). The molecule has 0 aromatic heterocycles. The van der Waals surface area contributed by atoms with Crippen LogP contribution in [0.25, 0.3) is 0 Å². The summed E-state index contributed by atoms with van der Waals surface area (Å²) in [4.78, 5) is 15.0. The molecule has 1 amide bonds. The maximum Gasteiger partial charge on any atom is 0.243 e. The van der Waals surface area contributed by atoms with Gasteiger partial charge in [0.1, 0.15) is 0 Å². The molecule has 0 saturated carbocycles. The summed E-state index contributed by atoms with van der Waals surface area (Å²) in [5.74, 6) is 2.84. The summed E-state index contributed by atoms with van der Waals surface area (Å²) in [5, 5.41) is 0. The molecule has 134 valence electrons. The van der Waals surface area contributed by atoms with Gasteiger partial charge in [-0.25, -0.2) is 8.42 Å². The fourth-order valence-corrected chi connectivity index (χ4v) is 5.17. The second kappa shape index (κ2) is 7.59. The summed E-state index contributed by atoms with van der Waals surface area (Å²) in [6.45, 7) is 2.09. The third kappa shape index (κ3) is 3.88. The molecule has 2 fully saturated rings. The molecule has 1 aromatic rings. The zero-order valence-corrected chi connectivity index (χ0v) is 15.1. The maximum absolute atomic E-state index is 12.8. The van der Waals surface area contributed by atoms with Gasteiger partial charge in [-0.3, -0.25) is 4.79 Å². The van der Waals surface area contributed by atoms with Gasteiger partial charge >= 0.3 is 0 Å². The Kier molecular flexibility index (Phi) is 5.45. The Morgan fingerprint density at radius 2 is 1.76 bits per heavy atom. The number of hydrogen-bond acceptors (Lipinski definition) is 3. The summed E-state index contributed by atoms with van der Waals surface area (Å²) < 4.78 is 27.0.